The van der Waals surface area contributed by atoms with Crippen LogP contribution < -0.4 is 10.3 Å². The van der Waals surface area contributed by atoms with E-state index in [2.05, 4.69) is 4.98 Å². The Labute approximate surface area is 191 Å². The van der Waals surface area contributed by atoms with E-state index in [1.807, 2.05) is 40.0 Å². The molecular weight excluding hydrogens is 461 g/mol. The van der Waals surface area contributed by atoms with Crippen LogP contribution in [0, 0.1) is 13.8 Å². The molecule has 0 aliphatic carbocycles. The monoisotopic (exact) mass is 480 g/mol. The fourth-order valence-corrected chi connectivity index (χ4v) is 4.72. The van der Waals surface area contributed by atoms with Gasteiger partial charge in [-0.2, -0.15) is 18.3 Å². The maximum absolute atomic E-state index is 12.6. The third-order valence-electron chi connectivity index (χ3n) is 5.29. The number of anilines is 1. The van der Waals surface area contributed by atoms with Crippen molar-refractivity contribution in [3.8, 4) is 0 Å². The predicted molar refractivity (Wildman–Crippen MR) is 121 cm³/mol. The lowest BCUT2D eigenvalue weighted by Crippen LogP contribution is -2.34. The number of rotatable bonds is 5. The predicted octanol–water partition coefficient (Wildman–Crippen LogP) is 5.99. The molecule has 2 N–H and O–H groups in total. The molecule has 1 aliphatic rings. The van der Waals surface area contributed by atoms with E-state index in [-0.39, 0.29) is 11.6 Å². The minimum atomic E-state index is -4.48. The summed E-state index contributed by atoms with van der Waals surface area (Å²) in [5.41, 5.74) is 3.80. The van der Waals surface area contributed by atoms with Crippen molar-refractivity contribution in [2.45, 2.75) is 32.5 Å². The van der Waals surface area contributed by atoms with Crippen LogP contribution in [0.25, 0.3) is 0 Å². The molecule has 0 radical (unpaired) electrons. The number of hydrogen-bond acceptors (Lipinski definition) is 4. The van der Waals surface area contributed by atoms with Crippen LogP contribution in [-0.4, -0.2) is 29.3 Å². The summed E-state index contributed by atoms with van der Waals surface area (Å²) in [6.45, 7) is 2.04. The molecule has 168 valence electrons. The number of aromatic nitrogens is 1. The van der Waals surface area contributed by atoms with E-state index in [0.717, 1.165) is 22.0 Å². The molecule has 3 aromatic rings. The summed E-state index contributed by atoms with van der Waals surface area (Å²) >= 11 is 7.63. The minimum Gasteiger partial charge on any atom is -0.360 e. The average Bonchev–Trinajstić information content (AvgIpc) is 3.45. The van der Waals surface area contributed by atoms with Crippen LogP contribution in [0.3, 0.4) is 0 Å². The first-order valence-electron chi connectivity index (χ1n) is 9.84. The lowest BCUT2D eigenvalue weighted by Gasteiger charge is -2.24. The number of aryl methyl sites for hydroxylation is 1. The van der Waals surface area contributed by atoms with Crippen molar-refractivity contribution in [2.24, 2.45) is 5.10 Å². The number of amides is 1. The highest BCUT2D eigenvalue weighted by Crippen LogP contribution is 2.39. The molecule has 1 unspecified atom stereocenters. The Morgan fingerprint density at radius 3 is 2.62 bits per heavy atom. The first-order chi connectivity index (χ1) is 15.1. The van der Waals surface area contributed by atoms with Crippen LogP contribution in [0.1, 0.15) is 44.6 Å². The number of hydrogen-bond donors (Lipinski definition) is 2. The Bertz CT molecular complexity index is 1150. The van der Waals surface area contributed by atoms with Gasteiger partial charge in [0.25, 0.3) is 5.91 Å². The highest BCUT2D eigenvalue weighted by molar-refractivity contribution is 7.12. The van der Waals surface area contributed by atoms with Crippen LogP contribution in [0.4, 0.5) is 18.9 Å². The summed E-state index contributed by atoms with van der Waals surface area (Å²) in [7, 11) is 0. The van der Waals surface area contributed by atoms with Crippen molar-refractivity contribution in [1.82, 2.24) is 10.3 Å². The SMILES string of the molecule is Cc1[nH]c(C2CC(c3cccs3)=NN2c2ccc(Cl)cc2)c(C)c1C(=O)NCC(F)(F)F. The minimum absolute atomic E-state index is 0.227. The Hall–Kier alpha value is -2.78. The number of alkyl halides is 3. The first-order valence-corrected chi connectivity index (χ1v) is 11.1. The lowest BCUT2D eigenvalue weighted by atomic mass is 10.0. The molecule has 1 amide bonds. The lowest BCUT2D eigenvalue weighted by molar-refractivity contribution is -0.123. The molecule has 5 nitrogen and oxygen atoms in total. The van der Waals surface area contributed by atoms with Gasteiger partial charge in [-0.3, -0.25) is 9.80 Å². The van der Waals surface area contributed by atoms with Crippen LogP contribution in [0.2, 0.25) is 5.02 Å². The van der Waals surface area contributed by atoms with E-state index < -0.39 is 18.6 Å². The van der Waals surface area contributed by atoms with E-state index >= 15 is 0 Å². The van der Waals surface area contributed by atoms with E-state index in [9.17, 15) is 18.0 Å². The number of nitrogens with zero attached hydrogens (tertiary/aromatic N) is 2. The summed E-state index contributed by atoms with van der Waals surface area (Å²) in [6.07, 6.45) is -3.90. The molecule has 1 atom stereocenters. The van der Waals surface area contributed by atoms with Gasteiger partial charge in [0.15, 0.2) is 0 Å². The van der Waals surface area contributed by atoms with E-state index in [0.29, 0.717) is 22.7 Å². The van der Waals surface area contributed by atoms with Crippen LogP contribution in [0.5, 0.6) is 0 Å². The molecule has 0 saturated heterocycles. The topological polar surface area (TPSA) is 60.5 Å². The summed E-state index contributed by atoms with van der Waals surface area (Å²) in [5.74, 6) is -0.754. The zero-order valence-electron chi connectivity index (χ0n) is 17.3. The van der Waals surface area contributed by atoms with Gasteiger partial charge in [0.2, 0.25) is 0 Å². The Kier molecular flexibility index (Phi) is 6.05. The molecular formula is C22H20ClF3N4OS. The average molecular weight is 481 g/mol. The van der Waals surface area contributed by atoms with E-state index in [1.54, 1.807) is 37.3 Å². The number of aromatic amines is 1. The van der Waals surface area contributed by atoms with Gasteiger partial charge in [0.05, 0.1) is 27.9 Å². The number of H-pyrrole nitrogens is 1. The fraction of sp³-hybridized carbons (Fsp3) is 0.273. The molecule has 1 aromatic carbocycles. The molecule has 4 rings (SSSR count). The number of thiophene rings is 1. The second kappa shape index (κ2) is 8.63. The second-order valence-corrected chi connectivity index (χ2v) is 8.91. The van der Waals surface area contributed by atoms with E-state index in [1.165, 1.54) is 0 Å². The Morgan fingerprint density at radius 2 is 2.00 bits per heavy atom. The first kappa shape index (κ1) is 22.4. The standard InChI is InChI=1S/C22H20ClF3N4OS/c1-12-19(21(31)27-11-22(24,25)26)13(2)28-20(12)17-10-16(18-4-3-9-32-18)29-30(17)15-7-5-14(23)6-8-15/h3-9,17,28H,10-11H2,1-2H3,(H,27,31). The zero-order valence-corrected chi connectivity index (χ0v) is 18.8. The van der Waals surface area contributed by atoms with Crippen molar-refractivity contribution in [1.29, 1.82) is 0 Å². The quantitative estimate of drug-likeness (QED) is 0.471. The molecule has 1 aliphatic heterocycles. The molecule has 0 fully saturated rings. The number of carbonyl (C=O) groups is 1. The van der Waals surface area contributed by atoms with Crippen molar-refractivity contribution < 1.29 is 18.0 Å². The third-order valence-corrected chi connectivity index (χ3v) is 6.46. The summed E-state index contributed by atoms with van der Waals surface area (Å²) in [6, 6.07) is 11.0. The van der Waals surface area contributed by atoms with E-state index in [4.69, 9.17) is 16.7 Å². The van der Waals surface area contributed by atoms with Crippen molar-refractivity contribution in [3.63, 3.8) is 0 Å². The normalized spacial score (nSPS) is 16.4. The summed E-state index contributed by atoms with van der Waals surface area (Å²) in [5, 5.41) is 11.2. The summed E-state index contributed by atoms with van der Waals surface area (Å²) in [4.78, 5) is 16.8. The second-order valence-electron chi connectivity index (χ2n) is 7.53. The maximum Gasteiger partial charge on any atom is 0.405 e. The molecule has 3 heterocycles. The molecule has 32 heavy (non-hydrogen) atoms. The molecule has 0 bridgehead atoms. The highest BCUT2D eigenvalue weighted by Gasteiger charge is 2.35. The van der Waals surface area contributed by atoms with Gasteiger partial charge >= 0.3 is 6.18 Å². The summed E-state index contributed by atoms with van der Waals surface area (Å²) < 4.78 is 37.7. The van der Waals surface area contributed by atoms with Crippen LogP contribution in [-0.2, 0) is 0 Å². The molecule has 0 saturated carbocycles. The van der Waals surface area contributed by atoms with Gasteiger partial charge in [-0.05, 0) is 55.1 Å². The van der Waals surface area contributed by atoms with Gasteiger partial charge in [-0.25, -0.2) is 0 Å². The van der Waals surface area contributed by atoms with Gasteiger partial charge in [-0.15, -0.1) is 11.3 Å². The molecule has 0 spiro atoms. The van der Waals surface area contributed by atoms with Crippen molar-refractivity contribution in [2.75, 3.05) is 11.6 Å². The Balaban J connectivity index is 1.69. The number of hydrazone groups is 1. The fourth-order valence-electron chi connectivity index (χ4n) is 3.88. The third kappa shape index (κ3) is 4.54. The van der Waals surface area contributed by atoms with Crippen LogP contribution >= 0.6 is 22.9 Å². The number of halogens is 4. The van der Waals surface area contributed by atoms with Gasteiger partial charge in [0, 0.05) is 22.8 Å². The maximum atomic E-state index is 12.6. The highest BCUT2D eigenvalue weighted by atomic mass is 35.5. The van der Waals surface area contributed by atoms with Crippen molar-refractivity contribution in [3.05, 3.63) is 74.2 Å². The number of carbonyl (C=O) groups excluding carboxylic acids is 1. The van der Waals surface area contributed by atoms with Gasteiger partial charge < -0.3 is 10.3 Å². The number of benzene rings is 1. The molecule has 2 aromatic heterocycles. The molecule has 10 heteroatoms. The van der Waals surface area contributed by atoms with Crippen LogP contribution in [0.15, 0.2) is 46.9 Å². The van der Waals surface area contributed by atoms with Gasteiger partial charge in [0.1, 0.15) is 6.54 Å². The zero-order chi connectivity index (χ0) is 23.0. The smallest absolute Gasteiger partial charge is 0.360 e. The van der Waals surface area contributed by atoms with Gasteiger partial charge in [-0.1, -0.05) is 17.7 Å². The number of nitrogens with one attached hydrogen (secondary N) is 2. The van der Waals surface area contributed by atoms with Crippen molar-refractivity contribution >= 4 is 40.2 Å². The Morgan fingerprint density at radius 1 is 1.28 bits per heavy atom. The largest absolute Gasteiger partial charge is 0.405 e.